The molecule has 0 aliphatic carbocycles. The van der Waals surface area contributed by atoms with Crippen molar-refractivity contribution in [2.75, 3.05) is 5.32 Å². The molecule has 1 aromatic rings. The van der Waals surface area contributed by atoms with Crippen LogP contribution in [-0.4, -0.2) is 10.9 Å². The lowest BCUT2D eigenvalue weighted by molar-refractivity contribution is -0.119. The number of hydrogen-bond donors (Lipinski definition) is 1. The number of aromatic nitrogens is 1. The van der Waals surface area contributed by atoms with Gasteiger partial charge in [0.05, 0.1) is 0 Å². The lowest BCUT2D eigenvalue weighted by Crippen LogP contribution is -2.19. The van der Waals surface area contributed by atoms with Crippen LogP contribution in [0.4, 0.5) is 5.13 Å². The lowest BCUT2D eigenvalue weighted by Gasteiger charge is -2.08. The first-order valence-corrected chi connectivity index (χ1v) is 5.32. The molecule has 4 heteroatoms. The third kappa shape index (κ3) is 3.14. The van der Waals surface area contributed by atoms with Gasteiger partial charge in [-0.3, -0.25) is 4.79 Å². The van der Waals surface area contributed by atoms with Crippen molar-refractivity contribution in [1.82, 2.24) is 4.98 Å². The first-order chi connectivity index (χ1) is 6.24. The Labute approximate surface area is 82.2 Å². The predicted octanol–water partition coefficient (Wildman–Crippen LogP) is 2.52. The molecule has 1 aromatic heterocycles. The van der Waals surface area contributed by atoms with Gasteiger partial charge in [0.25, 0.3) is 0 Å². The van der Waals surface area contributed by atoms with Crippen molar-refractivity contribution in [1.29, 1.82) is 0 Å². The normalized spacial score (nSPS) is 12.5. The Morgan fingerprint density at radius 2 is 2.54 bits per heavy atom. The zero-order chi connectivity index (χ0) is 9.68. The molecule has 3 nitrogen and oxygen atoms in total. The van der Waals surface area contributed by atoms with E-state index in [-0.39, 0.29) is 11.8 Å². The molecule has 0 fully saturated rings. The van der Waals surface area contributed by atoms with E-state index in [1.165, 1.54) is 11.3 Å². The minimum Gasteiger partial charge on any atom is -0.302 e. The van der Waals surface area contributed by atoms with Crippen LogP contribution >= 0.6 is 11.3 Å². The summed E-state index contributed by atoms with van der Waals surface area (Å²) >= 11 is 1.44. The van der Waals surface area contributed by atoms with E-state index in [4.69, 9.17) is 0 Å². The summed E-state index contributed by atoms with van der Waals surface area (Å²) in [4.78, 5) is 15.4. The fourth-order valence-electron chi connectivity index (χ4n) is 1.08. The summed E-state index contributed by atoms with van der Waals surface area (Å²) in [6, 6.07) is 0. The summed E-state index contributed by atoms with van der Waals surface area (Å²) in [5, 5.41) is 5.31. The van der Waals surface area contributed by atoms with Crippen LogP contribution in [0.3, 0.4) is 0 Å². The van der Waals surface area contributed by atoms with Gasteiger partial charge in [-0.15, -0.1) is 11.3 Å². The molecular weight excluding hydrogens is 184 g/mol. The zero-order valence-corrected chi connectivity index (χ0v) is 8.73. The zero-order valence-electron chi connectivity index (χ0n) is 7.91. The molecule has 1 N–H and O–H groups in total. The highest BCUT2D eigenvalue weighted by molar-refractivity contribution is 7.13. The van der Waals surface area contributed by atoms with Crippen LogP contribution in [0.1, 0.15) is 26.7 Å². The number of rotatable bonds is 4. The fourth-order valence-corrected chi connectivity index (χ4v) is 1.61. The van der Waals surface area contributed by atoms with Gasteiger partial charge in [-0.1, -0.05) is 20.3 Å². The number of hydrogen-bond acceptors (Lipinski definition) is 3. The maximum atomic E-state index is 11.5. The van der Waals surface area contributed by atoms with Gasteiger partial charge in [0.1, 0.15) is 0 Å². The minimum absolute atomic E-state index is 0.0665. The third-order valence-electron chi connectivity index (χ3n) is 1.83. The van der Waals surface area contributed by atoms with E-state index in [9.17, 15) is 4.79 Å². The van der Waals surface area contributed by atoms with Crippen LogP contribution in [0, 0.1) is 5.92 Å². The van der Waals surface area contributed by atoms with Gasteiger partial charge in [0.15, 0.2) is 5.13 Å². The molecule has 0 spiro atoms. The molecule has 0 radical (unpaired) electrons. The number of anilines is 1. The highest BCUT2D eigenvalue weighted by Gasteiger charge is 2.12. The summed E-state index contributed by atoms with van der Waals surface area (Å²) in [6.45, 7) is 4.01. The van der Waals surface area contributed by atoms with E-state index in [2.05, 4.69) is 17.2 Å². The van der Waals surface area contributed by atoms with Crippen LogP contribution in [-0.2, 0) is 4.79 Å². The quantitative estimate of drug-likeness (QED) is 0.807. The largest absolute Gasteiger partial charge is 0.302 e. The van der Waals surface area contributed by atoms with E-state index >= 15 is 0 Å². The Morgan fingerprint density at radius 1 is 1.77 bits per heavy atom. The highest BCUT2D eigenvalue weighted by Crippen LogP contribution is 2.13. The van der Waals surface area contributed by atoms with Gasteiger partial charge < -0.3 is 5.32 Å². The molecule has 0 aliphatic rings. The van der Waals surface area contributed by atoms with Crippen molar-refractivity contribution in [3.05, 3.63) is 11.6 Å². The second kappa shape index (κ2) is 4.97. The van der Waals surface area contributed by atoms with E-state index in [0.29, 0.717) is 5.13 Å². The number of carbonyl (C=O) groups excluding carboxylic acids is 1. The van der Waals surface area contributed by atoms with Crippen molar-refractivity contribution < 1.29 is 4.79 Å². The van der Waals surface area contributed by atoms with Crippen molar-refractivity contribution in [3.8, 4) is 0 Å². The van der Waals surface area contributed by atoms with E-state index in [0.717, 1.165) is 12.8 Å². The van der Waals surface area contributed by atoms with Gasteiger partial charge >= 0.3 is 0 Å². The second-order valence-corrected chi connectivity index (χ2v) is 3.91. The van der Waals surface area contributed by atoms with E-state index in [1.54, 1.807) is 6.20 Å². The molecule has 0 saturated heterocycles. The summed E-state index contributed by atoms with van der Waals surface area (Å²) in [5.74, 6) is 0.144. The number of amides is 1. The molecule has 0 aliphatic heterocycles. The first kappa shape index (κ1) is 10.2. The summed E-state index contributed by atoms with van der Waals surface area (Å²) in [6.07, 6.45) is 3.65. The molecule has 0 bridgehead atoms. The van der Waals surface area contributed by atoms with Crippen molar-refractivity contribution >= 4 is 22.4 Å². The van der Waals surface area contributed by atoms with Gasteiger partial charge in [-0.25, -0.2) is 4.98 Å². The average molecular weight is 198 g/mol. The SMILES string of the molecule is CCC[C@H](C)C(=O)Nc1nccs1. The average Bonchev–Trinajstić information content (AvgIpc) is 2.57. The minimum atomic E-state index is 0.0665. The number of thiazole rings is 1. The van der Waals surface area contributed by atoms with E-state index in [1.807, 2.05) is 12.3 Å². The van der Waals surface area contributed by atoms with Crippen LogP contribution in [0.25, 0.3) is 0 Å². The van der Waals surface area contributed by atoms with Gasteiger partial charge in [-0.2, -0.15) is 0 Å². The highest BCUT2D eigenvalue weighted by atomic mass is 32.1. The van der Waals surface area contributed by atoms with Crippen LogP contribution in [0.2, 0.25) is 0 Å². The molecule has 72 valence electrons. The first-order valence-electron chi connectivity index (χ1n) is 4.44. The molecular formula is C9H14N2OS. The fraction of sp³-hybridized carbons (Fsp3) is 0.556. The van der Waals surface area contributed by atoms with Crippen molar-refractivity contribution in [2.24, 2.45) is 5.92 Å². The molecule has 1 atom stereocenters. The standard InChI is InChI=1S/C9H14N2OS/c1-3-4-7(2)8(12)11-9-10-5-6-13-9/h5-7H,3-4H2,1-2H3,(H,10,11,12)/t7-/m0/s1. The summed E-state index contributed by atoms with van der Waals surface area (Å²) in [7, 11) is 0. The smallest absolute Gasteiger partial charge is 0.228 e. The maximum Gasteiger partial charge on any atom is 0.228 e. The van der Waals surface area contributed by atoms with Gasteiger partial charge in [-0.05, 0) is 6.42 Å². The predicted molar refractivity (Wildman–Crippen MR) is 54.8 cm³/mol. The second-order valence-electron chi connectivity index (χ2n) is 3.02. The van der Waals surface area contributed by atoms with Gasteiger partial charge in [0.2, 0.25) is 5.91 Å². The third-order valence-corrected chi connectivity index (χ3v) is 2.52. The molecule has 1 heterocycles. The molecule has 13 heavy (non-hydrogen) atoms. The molecule has 0 aromatic carbocycles. The lowest BCUT2D eigenvalue weighted by atomic mass is 10.1. The Morgan fingerprint density at radius 3 is 3.08 bits per heavy atom. The molecule has 0 unspecified atom stereocenters. The topological polar surface area (TPSA) is 42.0 Å². The van der Waals surface area contributed by atoms with Crippen LogP contribution in [0.5, 0.6) is 0 Å². The monoisotopic (exact) mass is 198 g/mol. The van der Waals surface area contributed by atoms with Gasteiger partial charge in [0, 0.05) is 17.5 Å². The number of nitrogens with one attached hydrogen (secondary N) is 1. The number of nitrogens with zero attached hydrogens (tertiary/aromatic N) is 1. The summed E-state index contributed by atoms with van der Waals surface area (Å²) < 4.78 is 0. The summed E-state index contributed by atoms with van der Waals surface area (Å²) in [5.41, 5.74) is 0. The maximum absolute atomic E-state index is 11.5. The number of carbonyl (C=O) groups is 1. The van der Waals surface area contributed by atoms with Crippen LogP contribution < -0.4 is 5.32 Å². The Hall–Kier alpha value is -0.900. The van der Waals surface area contributed by atoms with E-state index < -0.39 is 0 Å². The van der Waals surface area contributed by atoms with Crippen LogP contribution in [0.15, 0.2) is 11.6 Å². The molecule has 1 amide bonds. The Kier molecular flexibility index (Phi) is 3.89. The Balaban J connectivity index is 2.41. The Bertz CT molecular complexity index is 259. The van der Waals surface area contributed by atoms with Crippen molar-refractivity contribution in [2.45, 2.75) is 26.7 Å². The molecule has 1 rings (SSSR count). The molecule has 0 saturated carbocycles. The van der Waals surface area contributed by atoms with Crippen molar-refractivity contribution in [3.63, 3.8) is 0 Å².